The van der Waals surface area contributed by atoms with Gasteiger partial charge in [-0.05, 0) is 37.0 Å². The van der Waals surface area contributed by atoms with E-state index in [1.807, 2.05) is 12.1 Å². The van der Waals surface area contributed by atoms with E-state index >= 15 is 0 Å². The van der Waals surface area contributed by atoms with Gasteiger partial charge in [-0.2, -0.15) is 0 Å². The van der Waals surface area contributed by atoms with Gasteiger partial charge in [0.2, 0.25) is 15.9 Å². The zero-order valence-corrected chi connectivity index (χ0v) is 15.3. The molecule has 1 N–H and O–H groups in total. The van der Waals surface area contributed by atoms with E-state index in [1.165, 1.54) is 10.6 Å². The molecule has 0 saturated carbocycles. The third-order valence-corrected chi connectivity index (χ3v) is 6.57. The number of pyridine rings is 1. The zero-order valence-electron chi connectivity index (χ0n) is 14.5. The van der Waals surface area contributed by atoms with E-state index in [0.29, 0.717) is 26.3 Å². The molecule has 2 aliphatic rings. The van der Waals surface area contributed by atoms with Crippen LogP contribution in [0, 0.1) is 11.3 Å². The number of hydrogen-bond acceptors (Lipinski definition) is 5. The predicted octanol–water partition coefficient (Wildman–Crippen LogP) is 0.429. The van der Waals surface area contributed by atoms with E-state index in [2.05, 4.69) is 10.3 Å². The van der Waals surface area contributed by atoms with Crippen LogP contribution in [0.3, 0.4) is 0 Å². The number of aromatic nitrogens is 1. The van der Waals surface area contributed by atoms with Crippen molar-refractivity contribution in [1.82, 2.24) is 14.6 Å². The third-order valence-electron chi connectivity index (χ3n) is 5.35. The Hall–Kier alpha value is -1.51. The normalized spacial score (nSPS) is 23.6. The lowest BCUT2D eigenvalue weighted by Gasteiger charge is -2.37. The van der Waals surface area contributed by atoms with Crippen LogP contribution >= 0.6 is 0 Å². The predicted molar refractivity (Wildman–Crippen MR) is 93.3 cm³/mol. The molecule has 3 heterocycles. The first-order valence-corrected chi connectivity index (χ1v) is 10.5. The van der Waals surface area contributed by atoms with Crippen LogP contribution in [0.25, 0.3) is 0 Å². The van der Waals surface area contributed by atoms with Crippen LogP contribution < -0.4 is 5.32 Å². The summed E-state index contributed by atoms with van der Waals surface area (Å²) >= 11 is 0. The molecule has 0 bridgehead atoms. The van der Waals surface area contributed by atoms with Gasteiger partial charge in [-0.3, -0.25) is 9.78 Å². The second-order valence-corrected chi connectivity index (χ2v) is 8.96. The van der Waals surface area contributed by atoms with Crippen molar-refractivity contribution in [2.75, 3.05) is 39.1 Å². The molecule has 2 saturated heterocycles. The molecule has 1 amide bonds. The Morgan fingerprint density at radius 1 is 1.36 bits per heavy atom. The first-order chi connectivity index (χ1) is 11.9. The van der Waals surface area contributed by atoms with Gasteiger partial charge in [0.1, 0.15) is 0 Å². The van der Waals surface area contributed by atoms with Crippen molar-refractivity contribution in [3.05, 3.63) is 30.1 Å². The van der Waals surface area contributed by atoms with Gasteiger partial charge in [-0.1, -0.05) is 0 Å². The molecule has 138 valence electrons. The molecule has 1 aromatic rings. The molecule has 1 spiro atoms. The Morgan fingerprint density at radius 3 is 2.68 bits per heavy atom. The molecule has 1 unspecified atom stereocenters. The molecule has 3 rings (SSSR count). The quantitative estimate of drug-likeness (QED) is 0.815. The molecule has 2 aliphatic heterocycles. The summed E-state index contributed by atoms with van der Waals surface area (Å²) in [5.74, 6) is -0.370. The highest BCUT2D eigenvalue weighted by molar-refractivity contribution is 7.88. The monoisotopic (exact) mass is 367 g/mol. The summed E-state index contributed by atoms with van der Waals surface area (Å²) in [6, 6.07) is 3.85. The van der Waals surface area contributed by atoms with Crippen molar-refractivity contribution in [3.8, 4) is 0 Å². The van der Waals surface area contributed by atoms with E-state index in [-0.39, 0.29) is 23.8 Å². The van der Waals surface area contributed by atoms with E-state index in [0.717, 1.165) is 24.8 Å². The molecule has 2 fully saturated rings. The average Bonchev–Trinajstić information content (AvgIpc) is 2.95. The second-order valence-electron chi connectivity index (χ2n) is 6.98. The van der Waals surface area contributed by atoms with Gasteiger partial charge in [-0.15, -0.1) is 0 Å². The minimum atomic E-state index is -3.30. The first kappa shape index (κ1) is 18.3. The highest BCUT2D eigenvalue weighted by Gasteiger charge is 2.52. The van der Waals surface area contributed by atoms with Gasteiger partial charge < -0.3 is 10.1 Å². The second kappa shape index (κ2) is 7.39. The number of carbonyl (C=O) groups excluding carboxylic acids is 1. The lowest BCUT2D eigenvalue weighted by atomic mass is 9.72. The molecule has 25 heavy (non-hydrogen) atoms. The molecule has 0 radical (unpaired) electrons. The summed E-state index contributed by atoms with van der Waals surface area (Å²) in [6.07, 6.45) is 6.85. The van der Waals surface area contributed by atoms with Crippen LogP contribution in [-0.4, -0.2) is 62.7 Å². The largest absolute Gasteiger partial charge is 0.381 e. The van der Waals surface area contributed by atoms with Gasteiger partial charge in [0.15, 0.2) is 0 Å². The fourth-order valence-corrected chi connectivity index (χ4v) is 4.74. The molecular formula is C17H25N3O4S. The maximum atomic E-state index is 12.8. The van der Waals surface area contributed by atoms with Crippen molar-refractivity contribution in [3.63, 3.8) is 0 Å². The zero-order chi connectivity index (χ0) is 17.9. The number of nitrogens with zero attached hydrogens (tertiary/aromatic N) is 2. The molecule has 1 aromatic heterocycles. The summed E-state index contributed by atoms with van der Waals surface area (Å²) in [7, 11) is -3.30. The van der Waals surface area contributed by atoms with E-state index in [9.17, 15) is 13.2 Å². The number of nitrogens with one attached hydrogen (secondary N) is 1. The molecule has 8 heteroatoms. The van der Waals surface area contributed by atoms with Crippen LogP contribution in [0.15, 0.2) is 24.5 Å². The third kappa shape index (κ3) is 4.19. The number of hydrogen-bond donors (Lipinski definition) is 1. The fraction of sp³-hybridized carbons (Fsp3) is 0.647. The fourth-order valence-electron chi connectivity index (χ4n) is 3.82. The lowest BCUT2D eigenvalue weighted by molar-refractivity contribution is -0.129. The van der Waals surface area contributed by atoms with Crippen LogP contribution in [-0.2, 0) is 26.0 Å². The SMILES string of the molecule is CS(=O)(=O)N1CC(C(=O)NCCc2ccncc2)C2(CCOCC2)C1. The Kier molecular flexibility index (Phi) is 5.41. The maximum Gasteiger partial charge on any atom is 0.225 e. The minimum absolute atomic E-state index is 0.0536. The Bertz CT molecular complexity index is 702. The van der Waals surface area contributed by atoms with Crippen molar-refractivity contribution < 1.29 is 17.9 Å². The first-order valence-electron chi connectivity index (χ1n) is 8.60. The van der Waals surface area contributed by atoms with Crippen LogP contribution in [0.4, 0.5) is 0 Å². The highest BCUT2D eigenvalue weighted by Crippen LogP contribution is 2.45. The maximum absolute atomic E-state index is 12.8. The number of ether oxygens (including phenoxy) is 1. The molecule has 0 aliphatic carbocycles. The van der Waals surface area contributed by atoms with Crippen molar-refractivity contribution >= 4 is 15.9 Å². The number of sulfonamides is 1. The molecule has 1 atom stereocenters. The van der Waals surface area contributed by atoms with Crippen molar-refractivity contribution in [2.45, 2.75) is 19.3 Å². The average molecular weight is 367 g/mol. The summed E-state index contributed by atoms with van der Waals surface area (Å²) in [6.45, 7) is 2.37. The minimum Gasteiger partial charge on any atom is -0.381 e. The molecular weight excluding hydrogens is 342 g/mol. The smallest absolute Gasteiger partial charge is 0.225 e. The van der Waals surface area contributed by atoms with Crippen LogP contribution in [0.2, 0.25) is 0 Å². The van der Waals surface area contributed by atoms with Crippen molar-refractivity contribution in [2.24, 2.45) is 11.3 Å². The standard InChI is InChI=1S/C17H25N3O4S/c1-25(22,23)20-12-15(17(13-20)5-10-24-11-6-17)16(21)19-9-4-14-2-7-18-8-3-14/h2-3,7-8,15H,4-6,9-13H2,1H3,(H,19,21). The molecule has 0 aromatic carbocycles. The highest BCUT2D eigenvalue weighted by atomic mass is 32.2. The number of amides is 1. The van der Waals surface area contributed by atoms with E-state index in [4.69, 9.17) is 4.74 Å². The Labute approximate surface area is 148 Å². The summed E-state index contributed by atoms with van der Waals surface area (Å²) in [5.41, 5.74) is 0.808. The summed E-state index contributed by atoms with van der Waals surface area (Å²) in [4.78, 5) is 16.8. The van der Waals surface area contributed by atoms with E-state index < -0.39 is 10.0 Å². The van der Waals surface area contributed by atoms with Gasteiger partial charge in [0, 0.05) is 50.7 Å². The Balaban J connectivity index is 1.66. The van der Waals surface area contributed by atoms with Gasteiger partial charge in [-0.25, -0.2) is 12.7 Å². The van der Waals surface area contributed by atoms with Gasteiger partial charge in [0.05, 0.1) is 12.2 Å². The van der Waals surface area contributed by atoms with Gasteiger partial charge >= 0.3 is 0 Å². The summed E-state index contributed by atoms with van der Waals surface area (Å²) in [5, 5.41) is 3.00. The van der Waals surface area contributed by atoms with Crippen molar-refractivity contribution in [1.29, 1.82) is 0 Å². The number of rotatable bonds is 5. The van der Waals surface area contributed by atoms with Crippen LogP contribution in [0.1, 0.15) is 18.4 Å². The van der Waals surface area contributed by atoms with Crippen LogP contribution in [0.5, 0.6) is 0 Å². The lowest BCUT2D eigenvalue weighted by Crippen LogP contribution is -2.44. The number of carbonyl (C=O) groups is 1. The van der Waals surface area contributed by atoms with Gasteiger partial charge in [0.25, 0.3) is 0 Å². The topological polar surface area (TPSA) is 88.6 Å². The summed E-state index contributed by atoms with van der Waals surface area (Å²) < 4.78 is 30.9. The molecule has 7 nitrogen and oxygen atoms in total. The Morgan fingerprint density at radius 2 is 2.04 bits per heavy atom. The van der Waals surface area contributed by atoms with E-state index in [1.54, 1.807) is 12.4 Å².